The number of aromatic nitrogens is 6. The summed E-state index contributed by atoms with van der Waals surface area (Å²) in [6.45, 7) is 5.61. The van der Waals surface area contributed by atoms with Crippen molar-refractivity contribution < 1.29 is 27.3 Å². The quantitative estimate of drug-likeness (QED) is 0.182. The molecule has 5 N–H and O–H groups in total. The SMILES string of the molecule is C.C.C.C.C.C.C.C1CCNCC1.C=O.O=c1[nH]c(=O)n(C[N+]2([O-])CCCCC2)cc1F.O=c1[nH]cc(F)c(=O)[nH]1.O=c1[nH]cc(F)c(=O)n1C[N+]1([O-])CCCCC1. The van der Waals surface area contributed by atoms with Crippen molar-refractivity contribution in [2.45, 2.75) is 123 Å². The number of hydrogen-bond donors (Lipinski definition) is 5. The van der Waals surface area contributed by atoms with E-state index in [1.165, 1.54) is 32.4 Å². The minimum atomic E-state index is -1.05. The van der Waals surface area contributed by atoms with Gasteiger partial charge in [0.05, 0.1) is 32.4 Å². The highest BCUT2D eigenvalue weighted by Crippen LogP contribution is 2.18. The summed E-state index contributed by atoms with van der Waals surface area (Å²) in [7, 11) is 0. The lowest BCUT2D eigenvalue weighted by molar-refractivity contribution is -0.907. The number of hydrogen-bond acceptors (Lipinski definition) is 10. The summed E-state index contributed by atoms with van der Waals surface area (Å²) in [5.41, 5.74) is -5.28. The van der Waals surface area contributed by atoms with Crippen molar-refractivity contribution in [3.8, 4) is 0 Å². The van der Waals surface area contributed by atoms with E-state index in [0.29, 0.717) is 43.1 Å². The van der Waals surface area contributed by atoms with Crippen molar-refractivity contribution >= 4 is 6.79 Å². The highest BCUT2D eigenvalue weighted by molar-refractivity contribution is 5.11. The first-order valence-corrected chi connectivity index (χ1v) is 16.3. The summed E-state index contributed by atoms with van der Waals surface area (Å²) < 4.78 is 38.5. The van der Waals surface area contributed by atoms with E-state index in [4.69, 9.17) is 4.79 Å². The van der Waals surface area contributed by atoms with Crippen LogP contribution in [0.1, 0.15) is 110 Å². The van der Waals surface area contributed by atoms with Gasteiger partial charge in [-0.05, 0) is 64.5 Å². The first-order chi connectivity index (χ1) is 24.2. The summed E-state index contributed by atoms with van der Waals surface area (Å²) in [5.74, 6) is -3.09. The van der Waals surface area contributed by atoms with E-state index in [2.05, 4.69) is 10.3 Å². The third kappa shape index (κ3) is 21.7. The Hall–Kier alpha value is -4.70. The predicted octanol–water partition coefficient (Wildman–Crippen LogP) is 4.49. The zero-order chi connectivity index (χ0) is 38.0. The molecule has 21 heteroatoms. The second kappa shape index (κ2) is 32.3. The van der Waals surface area contributed by atoms with Crippen LogP contribution in [0.3, 0.4) is 0 Å². The van der Waals surface area contributed by atoms with Gasteiger partial charge in [0, 0.05) is 12.4 Å². The van der Waals surface area contributed by atoms with Crippen LogP contribution in [0.25, 0.3) is 0 Å². The molecule has 0 spiro atoms. The normalized spacial score (nSPS) is 15.3. The number of carbonyl (C=O) groups is 1. The predicted molar refractivity (Wildman–Crippen MR) is 226 cm³/mol. The molecule has 0 amide bonds. The molecule has 3 aromatic rings. The van der Waals surface area contributed by atoms with Gasteiger partial charge in [0.15, 0.2) is 13.3 Å². The Labute approximate surface area is 339 Å². The number of nitrogens with one attached hydrogen (secondary N) is 5. The molecule has 6 heterocycles. The fourth-order valence-electron chi connectivity index (χ4n) is 5.39. The number of hydroxylamine groups is 6. The van der Waals surface area contributed by atoms with Crippen LogP contribution in [0.5, 0.6) is 0 Å². The van der Waals surface area contributed by atoms with Gasteiger partial charge in [-0.3, -0.25) is 24.4 Å². The summed E-state index contributed by atoms with van der Waals surface area (Å²) in [6, 6.07) is 0. The van der Waals surface area contributed by atoms with Crippen molar-refractivity contribution in [3.63, 3.8) is 0 Å². The van der Waals surface area contributed by atoms with Crippen molar-refractivity contribution in [1.29, 1.82) is 0 Å². The summed E-state index contributed by atoms with van der Waals surface area (Å²) in [4.78, 5) is 81.0. The van der Waals surface area contributed by atoms with E-state index < -0.39 is 60.5 Å². The van der Waals surface area contributed by atoms with E-state index in [-0.39, 0.29) is 65.3 Å². The van der Waals surface area contributed by atoms with Crippen molar-refractivity contribution in [3.05, 3.63) is 109 Å². The smallest absolute Gasteiger partial charge is 0.333 e. The summed E-state index contributed by atoms with van der Waals surface area (Å²) >= 11 is 0. The molecule has 3 saturated heterocycles. The van der Waals surface area contributed by atoms with Crippen LogP contribution >= 0.6 is 0 Å². The molecule has 3 aromatic heterocycles. The standard InChI is InChI=1S/2C10H14FN3O3.C5H11N.C4H3FN2O2.CH2O.7CH4/c11-8-6-13(10(16)12-9(8)15)7-14(17)4-2-1-3-5-14;11-8-6-12-10(16)13(9(8)15)7-14(17)4-2-1-3-5-14;1-2-4-6-5-3-1;5-2-1-6-4(9)7-3(2)8;1-2;;;;;;;/h6H,1-5,7H2,(H,12,15,16);6H,1-5,7H2,(H,12,16);6H,1-5H2;1H,(H2,6,7,8,9);1H2;7*1H4. The number of likely N-dealkylation sites (tertiary alicyclic amines) is 2. The lowest BCUT2D eigenvalue weighted by Gasteiger charge is -2.45. The molecule has 0 radical (unpaired) electrons. The number of quaternary nitrogens is 2. The molecule has 6 rings (SSSR count). The molecule has 18 nitrogen and oxygen atoms in total. The second-order valence-electron chi connectivity index (χ2n) is 12.0. The third-order valence-electron chi connectivity index (χ3n) is 8.04. The third-order valence-corrected chi connectivity index (χ3v) is 8.04. The van der Waals surface area contributed by atoms with E-state index in [1.54, 1.807) is 4.98 Å². The second-order valence-corrected chi connectivity index (χ2v) is 12.0. The number of nitrogens with zero attached hydrogens (tertiary/aromatic N) is 4. The number of carbonyl (C=O) groups excluding carboxylic acids is 1. The van der Waals surface area contributed by atoms with Crippen molar-refractivity contribution in [2.75, 3.05) is 39.3 Å². The average molecular weight is 844 g/mol. The molecular formula is C37H72F3N9O9. The van der Waals surface area contributed by atoms with Gasteiger partial charge in [-0.15, -0.1) is 0 Å². The van der Waals surface area contributed by atoms with Crippen LogP contribution in [0.2, 0.25) is 0 Å². The first kappa shape index (κ1) is 65.2. The Morgan fingerprint density at radius 2 is 1.00 bits per heavy atom. The fraction of sp³-hybridized carbons (Fsp3) is 0.649. The lowest BCUT2D eigenvalue weighted by atomic mass is 10.1. The Balaban J connectivity index is -0.000000155. The molecule has 3 aliphatic rings. The maximum atomic E-state index is 13.0. The van der Waals surface area contributed by atoms with E-state index in [0.717, 1.165) is 49.3 Å². The van der Waals surface area contributed by atoms with Gasteiger partial charge in [0.25, 0.3) is 16.7 Å². The van der Waals surface area contributed by atoms with Gasteiger partial charge in [0.2, 0.25) is 17.5 Å². The number of aromatic amines is 4. The molecule has 58 heavy (non-hydrogen) atoms. The van der Waals surface area contributed by atoms with Gasteiger partial charge in [-0.25, -0.2) is 23.5 Å². The van der Waals surface area contributed by atoms with Crippen LogP contribution in [-0.4, -0.2) is 84.4 Å². The molecular weight excluding hydrogens is 771 g/mol. The van der Waals surface area contributed by atoms with Crippen LogP contribution in [0.4, 0.5) is 13.2 Å². The first-order valence-electron chi connectivity index (χ1n) is 16.3. The minimum absolute atomic E-state index is 0. The summed E-state index contributed by atoms with van der Waals surface area (Å²) in [6.07, 6.45) is 11.6. The lowest BCUT2D eigenvalue weighted by Crippen LogP contribution is -2.52. The summed E-state index contributed by atoms with van der Waals surface area (Å²) in [5, 5.41) is 27.7. The van der Waals surface area contributed by atoms with Crippen LogP contribution < -0.4 is 39.1 Å². The molecule has 340 valence electrons. The van der Waals surface area contributed by atoms with Crippen LogP contribution in [0, 0.1) is 27.9 Å². The zero-order valence-corrected chi connectivity index (χ0v) is 28.1. The van der Waals surface area contributed by atoms with Gasteiger partial charge >= 0.3 is 17.1 Å². The molecule has 0 aliphatic carbocycles. The van der Waals surface area contributed by atoms with Crippen LogP contribution in [0.15, 0.2) is 47.4 Å². The molecule has 3 aliphatic heterocycles. The van der Waals surface area contributed by atoms with Gasteiger partial charge in [0.1, 0.15) is 6.79 Å². The van der Waals surface area contributed by atoms with Crippen molar-refractivity contribution in [2.24, 2.45) is 0 Å². The molecule has 0 bridgehead atoms. The van der Waals surface area contributed by atoms with E-state index in [9.17, 15) is 52.4 Å². The largest absolute Gasteiger partial charge is 0.631 e. The topological polar surface area (TPSA) is 251 Å². The fourth-order valence-corrected chi connectivity index (χ4v) is 5.39. The maximum Gasteiger partial charge on any atom is 0.333 e. The molecule has 3 fully saturated rings. The van der Waals surface area contributed by atoms with E-state index in [1.807, 2.05) is 16.8 Å². The Morgan fingerprint density at radius 3 is 1.41 bits per heavy atom. The number of H-pyrrole nitrogens is 4. The Morgan fingerprint density at radius 1 is 0.569 bits per heavy atom. The Kier molecular flexibility index (Phi) is 36.3. The maximum absolute atomic E-state index is 13.0. The molecule has 0 saturated carbocycles. The highest BCUT2D eigenvalue weighted by atomic mass is 19.1. The Bertz CT molecular complexity index is 1860. The van der Waals surface area contributed by atoms with Crippen molar-refractivity contribution in [1.82, 2.24) is 34.4 Å². The van der Waals surface area contributed by atoms with Gasteiger partial charge in [-0.1, -0.05) is 58.4 Å². The molecule has 0 unspecified atom stereocenters. The zero-order valence-electron chi connectivity index (χ0n) is 28.1. The average Bonchev–Trinajstić information content (AvgIpc) is 3.12. The molecule has 0 aromatic carbocycles. The van der Waals surface area contributed by atoms with Gasteiger partial charge < -0.3 is 39.8 Å². The van der Waals surface area contributed by atoms with Gasteiger partial charge in [-0.2, -0.15) is 13.2 Å². The number of rotatable bonds is 4. The molecule has 0 atom stereocenters. The highest BCUT2D eigenvalue weighted by Gasteiger charge is 2.24. The van der Waals surface area contributed by atoms with Crippen LogP contribution in [-0.2, 0) is 18.1 Å². The minimum Gasteiger partial charge on any atom is -0.631 e. The number of halogens is 3. The van der Waals surface area contributed by atoms with E-state index >= 15 is 0 Å². The number of piperidine rings is 3. The monoisotopic (exact) mass is 844 g/mol.